The third-order valence-electron chi connectivity index (χ3n) is 7.86. The second-order valence-corrected chi connectivity index (χ2v) is 8.55. The third-order valence-corrected chi connectivity index (χ3v) is 7.86. The van der Waals surface area contributed by atoms with Crippen molar-refractivity contribution < 1.29 is 0 Å². The number of rotatable bonds is 0. The molecule has 1 aliphatic rings. The van der Waals surface area contributed by atoms with E-state index in [1.165, 1.54) is 0 Å². The van der Waals surface area contributed by atoms with E-state index in [0.29, 0.717) is 0 Å². The van der Waals surface area contributed by atoms with Crippen LogP contribution in [0.25, 0.3) is 0 Å². The van der Waals surface area contributed by atoms with Crippen molar-refractivity contribution >= 4 is 0 Å². The molecule has 0 atom stereocenters. The van der Waals surface area contributed by atoms with Gasteiger partial charge in [-0.3, -0.25) is 4.90 Å². The summed E-state index contributed by atoms with van der Waals surface area (Å²) in [5.41, 5.74) is 1.17. The van der Waals surface area contributed by atoms with Gasteiger partial charge in [-0.15, -0.1) is 0 Å². The molecule has 0 aromatic rings. The van der Waals surface area contributed by atoms with Crippen molar-refractivity contribution in [2.24, 2.45) is 16.2 Å². The molecule has 1 heterocycles. The predicted molar refractivity (Wildman–Crippen MR) is 77.3 cm³/mol. The van der Waals surface area contributed by atoms with E-state index in [4.69, 9.17) is 0 Å². The van der Waals surface area contributed by atoms with Crippen molar-refractivity contribution in [2.45, 2.75) is 80.3 Å². The highest BCUT2D eigenvalue weighted by Crippen LogP contribution is 2.66. The minimum absolute atomic E-state index is 0.190. The fraction of sp³-hybridized carbons (Fsp3) is 1.00. The maximum atomic E-state index is 2.59. The zero-order valence-electron chi connectivity index (χ0n) is 13.9. The van der Waals surface area contributed by atoms with Crippen molar-refractivity contribution in [3.63, 3.8) is 0 Å². The summed E-state index contributed by atoms with van der Waals surface area (Å²) in [7, 11) is 2.29. The molecule has 1 rings (SSSR count). The quantitative estimate of drug-likeness (QED) is 0.598. The number of nitrogens with zero attached hydrogens (tertiary/aromatic N) is 1. The first-order valence-corrected chi connectivity index (χ1v) is 6.89. The molecule has 1 nitrogen and oxygen atoms in total. The zero-order chi connectivity index (χ0) is 14.1. The Balaban J connectivity index is 3.56. The van der Waals surface area contributed by atoms with Crippen LogP contribution in [0.5, 0.6) is 0 Å². The molecular weight excluding hydrogens is 206 g/mol. The van der Waals surface area contributed by atoms with Crippen molar-refractivity contribution in [1.29, 1.82) is 0 Å². The van der Waals surface area contributed by atoms with Crippen LogP contribution in [0.3, 0.4) is 0 Å². The van der Waals surface area contributed by atoms with Gasteiger partial charge in [0.05, 0.1) is 0 Å². The highest BCUT2D eigenvalue weighted by Gasteiger charge is 2.66. The van der Waals surface area contributed by atoms with Crippen molar-refractivity contribution in [1.82, 2.24) is 4.90 Å². The van der Waals surface area contributed by atoms with E-state index in [1.807, 2.05) is 0 Å². The first-order chi connectivity index (χ1) is 7.15. The largest absolute Gasteiger partial charge is 0.295 e. The molecule has 0 amide bonds. The Bertz CT molecular complexity index is 288. The maximum absolute atomic E-state index is 2.59. The van der Waals surface area contributed by atoms with Crippen molar-refractivity contribution in [2.75, 3.05) is 7.05 Å². The van der Waals surface area contributed by atoms with Crippen LogP contribution in [0.15, 0.2) is 0 Å². The van der Waals surface area contributed by atoms with Crippen LogP contribution < -0.4 is 0 Å². The van der Waals surface area contributed by atoms with Gasteiger partial charge in [-0.25, -0.2) is 0 Å². The van der Waals surface area contributed by atoms with Crippen LogP contribution in [0.4, 0.5) is 0 Å². The standard InChI is InChI=1S/C16H33N/c1-12(2)13(3,4)15(7,8)17(11)16(9,10)14(12,5)6/h1-11H3. The normalized spacial score (nSPS) is 33.4. The smallest absolute Gasteiger partial charge is 0.0211 e. The summed E-state index contributed by atoms with van der Waals surface area (Å²) < 4.78 is 0. The second kappa shape index (κ2) is 3.29. The molecular formula is C16H33N. The highest BCUT2D eigenvalue weighted by atomic mass is 15.3. The topological polar surface area (TPSA) is 3.24 Å². The summed E-state index contributed by atoms with van der Waals surface area (Å²) >= 11 is 0. The van der Waals surface area contributed by atoms with E-state index in [-0.39, 0.29) is 27.3 Å². The van der Waals surface area contributed by atoms with E-state index in [2.05, 4.69) is 81.2 Å². The molecule has 0 spiro atoms. The first-order valence-electron chi connectivity index (χ1n) is 6.89. The van der Waals surface area contributed by atoms with Gasteiger partial charge in [0.25, 0.3) is 0 Å². The molecule has 102 valence electrons. The molecule has 0 radical (unpaired) electrons. The van der Waals surface area contributed by atoms with Crippen LogP contribution in [0, 0.1) is 16.2 Å². The Morgan fingerprint density at radius 2 is 0.706 bits per heavy atom. The van der Waals surface area contributed by atoms with E-state index in [0.717, 1.165) is 0 Å². The van der Waals surface area contributed by atoms with Gasteiger partial charge in [-0.2, -0.15) is 0 Å². The van der Waals surface area contributed by atoms with Gasteiger partial charge in [0, 0.05) is 11.1 Å². The third kappa shape index (κ3) is 1.35. The minimum Gasteiger partial charge on any atom is -0.295 e. The lowest BCUT2D eigenvalue weighted by Crippen LogP contribution is -2.76. The summed E-state index contributed by atoms with van der Waals surface area (Å²) in [6.07, 6.45) is 0. The molecule has 1 heteroatoms. The maximum Gasteiger partial charge on any atom is 0.0211 e. The van der Waals surface area contributed by atoms with E-state index < -0.39 is 0 Å². The number of hydrogen-bond acceptors (Lipinski definition) is 1. The Morgan fingerprint density at radius 1 is 0.471 bits per heavy atom. The van der Waals surface area contributed by atoms with Gasteiger partial charge in [0.1, 0.15) is 0 Å². The van der Waals surface area contributed by atoms with Gasteiger partial charge in [-0.05, 0) is 51.0 Å². The summed E-state index contributed by atoms with van der Waals surface area (Å²) in [5, 5.41) is 0. The lowest BCUT2D eigenvalue weighted by Gasteiger charge is -2.73. The van der Waals surface area contributed by atoms with Crippen LogP contribution in [0.2, 0.25) is 0 Å². The van der Waals surface area contributed by atoms with E-state index >= 15 is 0 Å². The summed E-state index contributed by atoms with van der Waals surface area (Å²) in [6.45, 7) is 24.2. The average molecular weight is 239 g/mol. The first kappa shape index (κ1) is 15.0. The van der Waals surface area contributed by atoms with Crippen molar-refractivity contribution in [3.05, 3.63) is 0 Å². The Kier molecular flexibility index (Phi) is 2.90. The SMILES string of the molecule is CN1C(C)(C)C(C)(C)C(C)(C)C(C)(C)C1(C)C. The number of likely N-dealkylation sites (tertiary alicyclic amines) is 1. The van der Waals surface area contributed by atoms with E-state index in [9.17, 15) is 0 Å². The van der Waals surface area contributed by atoms with Crippen LogP contribution in [0.1, 0.15) is 69.2 Å². The molecule has 0 saturated carbocycles. The summed E-state index contributed by atoms with van der Waals surface area (Å²) in [4.78, 5) is 2.59. The summed E-state index contributed by atoms with van der Waals surface area (Å²) in [5.74, 6) is 0. The number of hydrogen-bond donors (Lipinski definition) is 0. The van der Waals surface area contributed by atoms with Gasteiger partial charge in [-0.1, -0.05) is 41.5 Å². The molecule has 0 aliphatic carbocycles. The monoisotopic (exact) mass is 239 g/mol. The molecule has 0 N–H and O–H groups in total. The average Bonchev–Trinajstić information content (AvgIpc) is 2.13. The van der Waals surface area contributed by atoms with Gasteiger partial charge in [0.2, 0.25) is 0 Å². The van der Waals surface area contributed by atoms with E-state index in [1.54, 1.807) is 0 Å². The molecule has 1 fully saturated rings. The van der Waals surface area contributed by atoms with Crippen LogP contribution in [-0.4, -0.2) is 23.0 Å². The van der Waals surface area contributed by atoms with Crippen molar-refractivity contribution in [3.8, 4) is 0 Å². The highest BCUT2D eigenvalue weighted by molar-refractivity contribution is 5.18. The zero-order valence-corrected chi connectivity index (χ0v) is 13.9. The summed E-state index contributed by atoms with van der Waals surface area (Å²) in [6, 6.07) is 0. The molecule has 0 aromatic heterocycles. The fourth-order valence-electron chi connectivity index (χ4n) is 3.85. The molecule has 0 aromatic carbocycles. The lowest BCUT2D eigenvalue weighted by atomic mass is 9.41. The van der Waals surface area contributed by atoms with Gasteiger partial charge in [0.15, 0.2) is 0 Å². The molecule has 17 heavy (non-hydrogen) atoms. The molecule has 1 aliphatic heterocycles. The Morgan fingerprint density at radius 3 is 0.941 bits per heavy atom. The Labute approximate surface area is 109 Å². The second-order valence-electron chi connectivity index (χ2n) is 8.55. The van der Waals surface area contributed by atoms with Crippen LogP contribution >= 0.6 is 0 Å². The van der Waals surface area contributed by atoms with Gasteiger partial charge < -0.3 is 0 Å². The molecule has 0 bridgehead atoms. The predicted octanol–water partition coefficient (Wildman–Crippen LogP) is 4.57. The number of piperidine rings is 1. The van der Waals surface area contributed by atoms with Gasteiger partial charge >= 0.3 is 0 Å². The molecule has 1 saturated heterocycles. The fourth-order valence-corrected chi connectivity index (χ4v) is 3.85. The Hall–Kier alpha value is -0.0400. The molecule has 0 unspecified atom stereocenters. The lowest BCUT2D eigenvalue weighted by molar-refractivity contribution is -0.238. The minimum atomic E-state index is 0.190. The van der Waals surface area contributed by atoms with Crippen LogP contribution in [-0.2, 0) is 0 Å².